The van der Waals surface area contributed by atoms with Crippen molar-refractivity contribution in [3.63, 3.8) is 0 Å². The predicted octanol–water partition coefficient (Wildman–Crippen LogP) is 3.01. The van der Waals surface area contributed by atoms with E-state index in [-0.39, 0.29) is 17.2 Å². The Bertz CT molecular complexity index is 1080. The van der Waals surface area contributed by atoms with Crippen LogP contribution in [0.4, 0.5) is 4.39 Å². The number of rotatable bonds is 3. The summed E-state index contributed by atoms with van der Waals surface area (Å²) in [5.41, 5.74) is 1.76. The topological polar surface area (TPSA) is 88.3 Å². The molecule has 0 radical (unpaired) electrons. The number of fused-ring (bicyclic) bond motifs is 1. The van der Waals surface area contributed by atoms with Crippen LogP contribution in [-0.4, -0.2) is 40.4 Å². The highest BCUT2D eigenvalue weighted by Crippen LogP contribution is 2.37. The Hall–Kier alpha value is -3.29. The van der Waals surface area contributed by atoms with Gasteiger partial charge in [-0.1, -0.05) is 17.3 Å². The first-order valence-corrected chi connectivity index (χ1v) is 9.05. The van der Waals surface area contributed by atoms with Gasteiger partial charge < -0.3 is 14.7 Å². The molecule has 1 saturated heterocycles. The lowest BCUT2D eigenvalue weighted by atomic mass is 10.0. The van der Waals surface area contributed by atoms with Crippen LogP contribution in [0.25, 0.3) is 11.1 Å². The van der Waals surface area contributed by atoms with E-state index in [1.165, 1.54) is 12.1 Å². The molecular formula is C20H19FN4O3. The quantitative estimate of drug-likeness (QED) is 0.752. The zero-order chi connectivity index (χ0) is 19.8. The van der Waals surface area contributed by atoms with Gasteiger partial charge in [-0.3, -0.25) is 9.59 Å². The monoisotopic (exact) mass is 382 g/mol. The number of hydrogen-bond donors (Lipinski definition) is 1. The largest absolute Gasteiger partial charge is 0.355 e. The van der Waals surface area contributed by atoms with Crippen molar-refractivity contribution >= 4 is 22.9 Å². The van der Waals surface area contributed by atoms with Crippen LogP contribution in [0.15, 0.2) is 34.9 Å². The van der Waals surface area contributed by atoms with Gasteiger partial charge in [-0.2, -0.15) is 0 Å². The van der Waals surface area contributed by atoms with Gasteiger partial charge in [-0.25, -0.2) is 9.37 Å². The first-order chi connectivity index (χ1) is 13.5. The molecule has 0 aliphatic carbocycles. The van der Waals surface area contributed by atoms with E-state index < -0.39 is 17.8 Å². The lowest BCUT2D eigenvalue weighted by Gasteiger charge is -2.23. The van der Waals surface area contributed by atoms with E-state index in [1.54, 1.807) is 37.1 Å². The second kappa shape index (κ2) is 7.03. The molecule has 1 atom stereocenters. The summed E-state index contributed by atoms with van der Waals surface area (Å²) >= 11 is 0. The maximum absolute atomic E-state index is 14.1. The molecule has 0 bridgehead atoms. The van der Waals surface area contributed by atoms with Crippen molar-refractivity contribution in [2.24, 2.45) is 0 Å². The number of aryl methyl sites for hydroxylation is 1. The molecule has 2 aromatic heterocycles. The number of benzene rings is 1. The van der Waals surface area contributed by atoms with Crippen molar-refractivity contribution in [3.8, 4) is 0 Å². The van der Waals surface area contributed by atoms with Crippen LogP contribution in [0.1, 0.15) is 51.0 Å². The standard InChI is InChI=1S/C20H19FN4O3/c1-11-10-13(18(26)22-2)16-17(24-28-19(16)23-11)15-8-5-9-25(15)20(27)12-6-3-4-7-14(12)21/h3-4,6-7,10,15H,5,8-9H2,1-2H3,(H,22,26). The number of hydrogen-bond acceptors (Lipinski definition) is 5. The minimum atomic E-state index is -0.563. The molecule has 8 heteroatoms. The Kier molecular flexibility index (Phi) is 4.54. The van der Waals surface area contributed by atoms with Gasteiger partial charge in [0.2, 0.25) is 0 Å². The van der Waals surface area contributed by atoms with Gasteiger partial charge in [-0.05, 0) is 38.0 Å². The summed E-state index contributed by atoms with van der Waals surface area (Å²) in [6.07, 6.45) is 1.39. The van der Waals surface area contributed by atoms with Crippen molar-refractivity contribution in [2.45, 2.75) is 25.8 Å². The first kappa shape index (κ1) is 18.1. The second-order valence-electron chi connectivity index (χ2n) is 6.77. The van der Waals surface area contributed by atoms with Crippen LogP contribution >= 0.6 is 0 Å². The van der Waals surface area contributed by atoms with E-state index in [4.69, 9.17) is 4.52 Å². The van der Waals surface area contributed by atoms with E-state index in [0.717, 1.165) is 6.42 Å². The van der Waals surface area contributed by atoms with Gasteiger partial charge in [-0.15, -0.1) is 0 Å². The van der Waals surface area contributed by atoms with Gasteiger partial charge in [0.05, 0.1) is 22.6 Å². The van der Waals surface area contributed by atoms with Crippen LogP contribution in [0, 0.1) is 12.7 Å². The van der Waals surface area contributed by atoms with Crippen molar-refractivity contribution in [1.29, 1.82) is 0 Å². The fraction of sp³-hybridized carbons (Fsp3) is 0.300. The molecule has 1 N–H and O–H groups in total. The number of aromatic nitrogens is 2. The molecule has 1 unspecified atom stereocenters. The zero-order valence-corrected chi connectivity index (χ0v) is 15.5. The van der Waals surface area contributed by atoms with Gasteiger partial charge in [0, 0.05) is 19.3 Å². The summed E-state index contributed by atoms with van der Waals surface area (Å²) in [6.45, 7) is 2.23. The highest BCUT2D eigenvalue weighted by molar-refractivity contribution is 6.06. The molecule has 7 nitrogen and oxygen atoms in total. The van der Waals surface area contributed by atoms with Gasteiger partial charge in [0.1, 0.15) is 11.5 Å². The molecule has 1 aliphatic heterocycles. The Morgan fingerprint density at radius 1 is 1.29 bits per heavy atom. The van der Waals surface area contributed by atoms with Crippen LogP contribution < -0.4 is 5.32 Å². The number of amides is 2. The molecule has 1 aromatic carbocycles. The number of nitrogens with zero attached hydrogens (tertiary/aromatic N) is 3. The van der Waals surface area contributed by atoms with E-state index >= 15 is 0 Å². The lowest BCUT2D eigenvalue weighted by molar-refractivity contribution is 0.0727. The first-order valence-electron chi connectivity index (χ1n) is 9.05. The molecule has 4 rings (SSSR count). The zero-order valence-electron chi connectivity index (χ0n) is 15.5. The van der Waals surface area contributed by atoms with Crippen molar-refractivity contribution < 1.29 is 18.5 Å². The number of halogens is 1. The molecule has 0 saturated carbocycles. The molecule has 3 heterocycles. The second-order valence-corrected chi connectivity index (χ2v) is 6.77. The number of pyridine rings is 1. The van der Waals surface area contributed by atoms with Crippen LogP contribution in [0.2, 0.25) is 0 Å². The molecule has 2 amide bonds. The van der Waals surface area contributed by atoms with Crippen molar-refractivity contribution in [2.75, 3.05) is 13.6 Å². The summed E-state index contributed by atoms with van der Waals surface area (Å²) in [7, 11) is 1.54. The molecule has 0 spiro atoms. The van der Waals surface area contributed by atoms with Gasteiger partial charge in [0.15, 0.2) is 0 Å². The van der Waals surface area contributed by atoms with Crippen LogP contribution in [-0.2, 0) is 0 Å². The van der Waals surface area contributed by atoms with E-state index in [0.29, 0.717) is 35.3 Å². The van der Waals surface area contributed by atoms with Crippen molar-refractivity contribution in [3.05, 3.63) is 58.7 Å². The minimum absolute atomic E-state index is 0.0164. The summed E-state index contributed by atoms with van der Waals surface area (Å²) in [4.78, 5) is 31.3. The fourth-order valence-electron chi connectivity index (χ4n) is 3.72. The molecule has 1 fully saturated rings. The summed E-state index contributed by atoms with van der Waals surface area (Å²) < 4.78 is 19.5. The van der Waals surface area contributed by atoms with E-state index in [9.17, 15) is 14.0 Å². The average Bonchev–Trinajstić information content (AvgIpc) is 3.33. The fourth-order valence-corrected chi connectivity index (χ4v) is 3.72. The van der Waals surface area contributed by atoms with Crippen LogP contribution in [0.3, 0.4) is 0 Å². The number of nitrogens with one attached hydrogen (secondary N) is 1. The van der Waals surface area contributed by atoms with E-state index in [1.807, 2.05) is 0 Å². The van der Waals surface area contributed by atoms with Crippen LogP contribution in [0.5, 0.6) is 0 Å². The van der Waals surface area contributed by atoms with Crippen molar-refractivity contribution in [1.82, 2.24) is 20.4 Å². The maximum Gasteiger partial charge on any atom is 0.259 e. The Balaban J connectivity index is 1.80. The Morgan fingerprint density at radius 3 is 2.82 bits per heavy atom. The molecule has 144 valence electrons. The molecule has 3 aromatic rings. The number of carbonyl (C=O) groups excluding carboxylic acids is 2. The molecule has 28 heavy (non-hydrogen) atoms. The summed E-state index contributed by atoms with van der Waals surface area (Å²) in [5.74, 6) is -1.25. The SMILES string of the molecule is CNC(=O)c1cc(C)nc2onc(C3CCCN3C(=O)c3ccccc3F)c12. The smallest absolute Gasteiger partial charge is 0.259 e. The highest BCUT2D eigenvalue weighted by Gasteiger charge is 2.36. The highest BCUT2D eigenvalue weighted by atomic mass is 19.1. The third-order valence-electron chi connectivity index (χ3n) is 5.01. The normalized spacial score (nSPS) is 16.5. The molecule has 1 aliphatic rings. The minimum Gasteiger partial charge on any atom is -0.355 e. The number of carbonyl (C=O) groups is 2. The lowest BCUT2D eigenvalue weighted by Crippen LogP contribution is -2.31. The Morgan fingerprint density at radius 2 is 2.07 bits per heavy atom. The van der Waals surface area contributed by atoms with Gasteiger partial charge >= 0.3 is 0 Å². The predicted molar refractivity (Wildman–Crippen MR) is 99.3 cm³/mol. The summed E-state index contributed by atoms with van der Waals surface area (Å²) in [6, 6.07) is 7.15. The maximum atomic E-state index is 14.1. The third-order valence-corrected chi connectivity index (χ3v) is 5.01. The van der Waals surface area contributed by atoms with Gasteiger partial charge in [0.25, 0.3) is 17.5 Å². The van der Waals surface area contributed by atoms with E-state index in [2.05, 4.69) is 15.5 Å². The molecular weight excluding hydrogens is 363 g/mol. The number of likely N-dealkylation sites (tertiary alicyclic amines) is 1. The third kappa shape index (κ3) is 2.90. The Labute approximate surface area is 160 Å². The average molecular weight is 382 g/mol. The summed E-state index contributed by atoms with van der Waals surface area (Å²) in [5, 5.41) is 7.24.